The maximum atomic E-state index is 8.85. The van der Waals surface area contributed by atoms with E-state index in [1.807, 2.05) is 37.8 Å². The van der Waals surface area contributed by atoms with Crippen LogP contribution in [0.4, 0.5) is 11.8 Å². The monoisotopic (exact) mass is 528 g/mol. The summed E-state index contributed by atoms with van der Waals surface area (Å²) < 4.78 is 3.37. The minimum absolute atomic E-state index is 0.0667. The Bertz CT molecular complexity index is 1490. The Morgan fingerprint density at radius 1 is 0.923 bits per heavy atom. The van der Waals surface area contributed by atoms with Gasteiger partial charge in [0.05, 0.1) is 24.9 Å². The Balaban J connectivity index is 0.000000183. The molecule has 11 nitrogen and oxygen atoms in total. The van der Waals surface area contributed by atoms with Crippen LogP contribution in [0.5, 0.6) is 0 Å². The van der Waals surface area contributed by atoms with Crippen LogP contribution in [0.15, 0.2) is 67.6 Å². The van der Waals surface area contributed by atoms with Crippen LogP contribution in [0.2, 0.25) is 0 Å². The van der Waals surface area contributed by atoms with Crippen molar-refractivity contribution in [3.8, 4) is 11.1 Å². The van der Waals surface area contributed by atoms with Crippen LogP contribution in [0.3, 0.4) is 0 Å². The van der Waals surface area contributed by atoms with E-state index in [2.05, 4.69) is 75.1 Å². The van der Waals surface area contributed by atoms with E-state index in [0.717, 1.165) is 46.8 Å². The highest BCUT2D eigenvalue weighted by atomic mass is 16.3. The average Bonchev–Trinajstić information content (AvgIpc) is 3.59. The lowest BCUT2D eigenvalue weighted by atomic mass is 9.87. The third-order valence-corrected chi connectivity index (χ3v) is 6.67. The molecule has 11 heteroatoms. The molecular formula is C28H36N10O. The quantitative estimate of drug-likeness (QED) is 0.276. The van der Waals surface area contributed by atoms with Gasteiger partial charge in [0.15, 0.2) is 5.82 Å². The van der Waals surface area contributed by atoms with Crippen molar-refractivity contribution >= 4 is 17.3 Å². The molecule has 0 amide bonds. The Labute approximate surface area is 228 Å². The number of aliphatic hydroxyl groups excluding tert-OH is 1. The fraction of sp³-hybridized carbons (Fsp3) is 0.321. The summed E-state index contributed by atoms with van der Waals surface area (Å²) in [4.78, 5) is 15.0. The number of hydrogen-bond acceptors (Lipinski definition) is 9. The summed E-state index contributed by atoms with van der Waals surface area (Å²) in [5, 5.41) is 17.1. The minimum atomic E-state index is -0.588. The van der Waals surface area contributed by atoms with Crippen molar-refractivity contribution < 1.29 is 5.11 Å². The second kappa shape index (κ2) is 12.0. The van der Waals surface area contributed by atoms with E-state index >= 15 is 0 Å². The summed E-state index contributed by atoms with van der Waals surface area (Å²) in [6.45, 7) is 10.6. The highest BCUT2D eigenvalue weighted by molar-refractivity contribution is 5.75. The van der Waals surface area contributed by atoms with Gasteiger partial charge in [-0.25, -0.2) is 19.5 Å². The van der Waals surface area contributed by atoms with Crippen LogP contribution >= 0.6 is 0 Å². The van der Waals surface area contributed by atoms with Gasteiger partial charge in [0.2, 0.25) is 5.95 Å². The standard InChI is InChI=1S/C17H24N4.C11H12N6O/c1-5-21(6-2)16-19-11-15(12-20-16)17(4,18)14-9-7-13(3)8-10-14;12-11-10-3-8(6-17(10)15-7-13-11)9-4-14-16(5-9)1-2-18/h7-12H,5-6,18H2,1-4H3;3-7,18H,1-2H2,(H2,12,13,15)/t17-;/m0./s1. The number of nitrogens with zero attached hydrogens (tertiary/aromatic N) is 8. The molecule has 0 aliphatic rings. The number of anilines is 2. The number of nitrogen functional groups attached to an aromatic ring is 1. The van der Waals surface area contributed by atoms with Gasteiger partial charge in [0.25, 0.3) is 0 Å². The molecule has 0 fully saturated rings. The van der Waals surface area contributed by atoms with Gasteiger partial charge in [-0.15, -0.1) is 0 Å². The van der Waals surface area contributed by atoms with Gasteiger partial charge < -0.3 is 21.5 Å². The number of fused-ring (bicyclic) bond motifs is 1. The van der Waals surface area contributed by atoms with Gasteiger partial charge in [-0.2, -0.15) is 10.2 Å². The van der Waals surface area contributed by atoms with Gasteiger partial charge in [0, 0.05) is 54.6 Å². The molecule has 39 heavy (non-hydrogen) atoms. The molecule has 5 rings (SSSR count). The topological polar surface area (TPSA) is 149 Å². The normalized spacial score (nSPS) is 12.6. The number of benzene rings is 1. The third kappa shape index (κ3) is 6.21. The predicted octanol–water partition coefficient (Wildman–Crippen LogP) is 3.02. The van der Waals surface area contributed by atoms with E-state index in [1.165, 1.54) is 11.9 Å². The maximum Gasteiger partial charge on any atom is 0.225 e. The first-order valence-corrected chi connectivity index (χ1v) is 12.9. The second-order valence-electron chi connectivity index (χ2n) is 9.43. The average molecular weight is 529 g/mol. The molecule has 5 aromatic rings. The van der Waals surface area contributed by atoms with Crippen molar-refractivity contribution in [3.05, 3.63) is 84.3 Å². The van der Waals surface area contributed by atoms with E-state index in [1.54, 1.807) is 15.4 Å². The number of hydrogen-bond donors (Lipinski definition) is 3. The van der Waals surface area contributed by atoms with Crippen LogP contribution in [0.25, 0.3) is 16.6 Å². The number of nitrogens with two attached hydrogens (primary N) is 2. The van der Waals surface area contributed by atoms with Crippen LogP contribution in [-0.2, 0) is 12.1 Å². The molecule has 5 N–H and O–H groups in total. The Morgan fingerprint density at radius 2 is 1.62 bits per heavy atom. The summed E-state index contributed by atoms with van der Waals surface area (Å²) in [7, 11) is 0. The zero-order valence-corrected chi connectivity index (χ0v) is 22.9. The van der Waals surface area contributed by atoms with Gasteiger partial charge in [-0.3, -0.25) is 4.68 Å². The van der Waals surface area contributed by atoms with E-state index in [4.69, 9.17) is 16.6 Å². The summed E-state index contributed by atoms with van der Waals surface area (Å²) in [6.07, 6.45) is 10.6. The highest BCUT2D eigenvalue weighted by Crippen LogP contribution is 2.26. The van der Waals surface area contributed by atoms with Gasteiger partial charge in [-0.05, 0) is 39.3 Å². The zero-order valence-electron chi connectivity index (χ0n) is 22.9. The lowest BCUT2D eigenvalue weighted by molar-refractivity contribution is 0.269. The van der Waals surface area contributed by atoms with E-state index < -0.39 is 5.54 Å². The Morgan fingerprint density at radius 3 is 2.23 bits per heavy atom. The molecule has 0 unspecified atom stereocenters. The predicted molar refractivity (Wildman–Crippen MR) is 153 cm³/mol. The van der Waals surface area contributed by atoms with Crippen molar-refractivity contribution in [1.29, 1.82) is 0 Å². The van der Waals surface area contributed by atoms with Crippen LogP contribution in [0, 0.1) is 6.92 Å². The maximum absolute atomic E-state index is 8.85. The number of aryl methyl sites for hydroxylation is 1. The summed E-state index contributed by atoms with van der Waals surface area (Å²) in [5.41, 5.74) is 17.6. The first-order valence-electron chi connectivity index (χ1n) is 12.9. The number of rotatable bonds is 8. The van der Waals surface area contributed by atoms with Gasteiger partial charge in [0.1, 0.15) is 11.8 Å². The molecule has 0 radical (unpaired) electrons. The fourth-order valence-electron chi connectivity index (χ4n) is 4.17. The molecule has 0 saturated heterocycles. The molecule has 0 aliphatic heterocycles. The van der Waals surface area contributed by atoms with Crippen molar-refractivity contribution in [2.24, 2.45) is 5.73 Å². The third-order valence-electron chi connectivity index (χ3n) is 6.67. The SMILES string of the molecule is CCN(CC)c1ncc([C@@](C)(N)c2ccc(C)cc2)cn1.Nc1ncnn2cc(-c3cnn(CCO)c3)cc12. The van der Waals surface area contributed by atoms with E-state index in [9.17, 15) is 0 Å². The smallest absolute Gasteiger partial charge is 0.225 e. The molecular weight excluding hydrogens is 492 g/mol. The second-order valence-corrected chi connectivity index (χ2v) is 9.43. The Hall–Kier alpha value is -4.35. The molecule has 4 heterocycles. The first kappa shape index (κ1) is 27.7. The van der Waals surface area contributed by atoms with Crippen LogP contribution in [-0.4, -0.2) is 59.1 Å². The van der Waals surface area contributed by atoms with Gasteiger partial charge in [-0.1, -0.05) is 29.8 Å². The lowest BCUT2D eigenvalue weighted by Crippen LogP contribution is -2.35. The molecule has 0 spiro atoms. The summed E-state index contributed by atoms with van der Waals surface area (Å²) >= 11 is 0. The van der Waals surface area contributed by atoms with Crippen molar-refractivity contribution in [1.82, 2.24) is 34.3 Å². The van der Waals surface area contributed by atoms with Crippen molar-refractivity contribution in [2.75, 3.05) is 30.3 Å². The first-order chi connectivity index (χ1) is 18.8. The summed E-state index contributed by atoms with van der Waals surface area (Å²) in [5.74, 6) is 1.20. The minimum Gasteiger partial charge on any atom is -0.394 e. The summed E-state index contributed by atoms with van der Waals surface area (Å²) in [6, 6.07) is 10.2. The lowest BCUT2D eigenvalue weighted by Gasteiger charge is -2.26. The van der Waals surface area contributed by atoms with Crippen molar-refractivity contribution in [2.45, 2.75) is 39.8 Å². The number of aromatic nitrogens is 7. The van der Waals surface area contributed by atoms with E-state index in [-0.39, 0.29) is 6.61 Å². The molecule has 4 aromatic heterocycles. The molecule has 0 saturated carbocycles. The molecule has 1 aromatic carbocycles. The zero-order chi connectivity index (χ0) is 28.0. The molecule has 204 valence electrons. The number of aliphatic hydroxyl groups is 1. The van der Waals surface area contributed by atoms with E-state index in [0.29, 0.717) is 12.4 Å². The largest absolute Gasteiger partial charge is 0.394 e. The highest BCUT2D eigenvalue weighted by Gasteiger charge is 2.24. The Kier molecular flexibility index (Phi) is 8.52. The molecule has 1 atom stereocenters. The van der Waals surface area contributed by atoms with Gasteiger partial charge >= 0.3 is 0 Å². The fourth-order valence-corrected chi connectivity index (χ4v) is 4.17. The van der Waals surface area contributed by atoms with Crippen LogP contribution < -0.4 is 16.4 Å². The molecule has 0 aliphatic carbocycles. The van der Waals surface area contributed by atoms with Crippen molar-refractivity contribution in [3.63, 3.8) is 0 Å². The molecule has 0 bridgehead atoms. The van der Waals surface area contributed by atoms with Crippen LogP contribution in [0.1, 0.15) is 37.5 Å².